The molecule has 1 aromatic rings. The van der Waals surface area contributed by atoms with Crippen molar-refractivity contribution in [3.63, 3.8) is 0 Å². The van der Waals surface area contributed by atoms with Crippen molar-refractivity contribution >= 4 is 5.91 Å². The average Bonchev–Trinajstić information content (AvgIpc) is 2.64. The summed E-state index contributed by atoms with van der Waals surface area (Å²) in [4.78, 5) is 12.3. The van der Waals surface area contributed by atoms with Crippen LogP contribution in [-0.2, 0) is 0 Å². The third-order valence-electron chi connectivity index (χ3n) is 5.13. The minimum Gasteiger partial charge on any atom is -0.349 e. The summed E-state index contributed by atoms with van der Waals surface area (Å²) in [6, 6.07) is 9.66. The molecule has 2 N–H and O–H groups in total. The summed E-state index contributed by atoms with van der Waals surface area (Å²) < 4.78 is 0. The van der Waals surface area contributed by atoms with Crippen molar-refractivity contribution in [1.29, 1.82) is 0 Å². The van der Waals surface area contributed by atoms with E-state index in [2.05, 4.69) is 38.3 Å². The molecule has 3 nitrogen and oxygen atoms in total. The Morgan fingerprint density at radius 2 is 1.90 bits per heavy atom. The van der Waals surface area contributed by atoms with E-state index in [-0.39, 0.29) is 22.9 Å². The highest BCUT2D eigenvalue weighted by Crippen LogP contribution is 2.45. The van der Waals surface area contributed by atoms with Crippen LogP contribution >= 0.6 is 0 Å². The summed E-state index contributed by atoms with van der Waals surface area (Å²) in [6.07, 6.45) is 2.11. The molecule has 2 unspecified atom stereocenters. The van der Waals surface area contributed by atoms with Crippen molar-refractivity contribution in [3.8, 4) is 0 Å². The van der Waals surface area contributed by atoms with E-state index in [9.17, 15) is 4.79 Å². The third kappa shape index (κ3) is 2.59. The summed E-state index contributed by atoms with van der Waals surface area (Å²) in [5.41, 5.74) is 0.851. The van der Waals surface area contributed by atoms with Crippen LogP contribution in [0.4, 0.5) is 0 Å². The quantitative estimate of drug-likeness (QED) is 0.886. The van der Waals surface area contributed by atoms with Crippen molar-refractivity contribution in [1.82, 2.24) is 10.6 Å². The van der Waals surface area contributed by atoms with Crippen LogP contribution in [0.1, 0.15) is 50.9 Å². The number of carbonyl (C=O) groups excluding carboxylic acids is 1. The summed E-state index contributed by atoms with van der Waals surface area (Å²) in [7, 11) is 0. The lowest BCUT2D eigenvalue weighted by Gasteiger charge is -2.42. The van der Waals surface area contributed by atoms with Crippen molar-refractivity contribution in [2.24, 2.45) is 5.41 Å². The first-order chi connectivity index (χ1) is 9.40. The number of carbonyl (C=O) groups is 1. The second-order valence-corrected chi connectivity index (χ2v) is 6.51. The van der Waals surface area contributed by atoms with Crippen LogP contribution in [0.2, 0.25) is 0 Å². The van der Waals surface area contributed by atoms with E-state index in [4.69, 9.17) is 0 Å². The Kier molecular flexibility index (Phi) is 4.19. The maximum absolute atomic E-state index is 12.3. The first kappa shape index (κ1) is 15.0. The zero-order chi connectivity index (χ0) is 14.8. The van der Waals surface area contributed by atoms with Crippen LogP contribution < -0.4 is 10.6 Å². The molecule has 0 bridgehead atoms. The van der Waals surface area contributed by atoms with Gasteiger partial charge in [0.25, 0.3) is 5.91 Å². The van der Waals surface area contributed by atoms with E-state index in [0.717, 1.165) is 24.9 Å². The van der Waals surface area contributed by atoms with Gasteiger partial charge >= 0.3 is 0 Å². The van der Waals surface area contributed by atoms with Crippen LogP contribution in [0.15, 0.2) is 30.3 Å². The smallest absolute Gasteiger partial charge is 0.251 e. The van der Waals surface area contributed by atoms with Crippen LogP contribution in [0.3, 0.4) is 0 Å². The Morgan fingerprint density at radius 3 is 2.50 bits per heavy atom. The number of nitrogens with one attached hydrogen (secondary N) is 2. The lowest BCUT2D eigenvalue weighted by atomic mass is 9.74. The molecule has 2 rings (SSSR count). The maximum atomic E-state index is 12.3. The second-order valence-electron chi connectivity index (χ2n) is 6.51. The van der Waals surface area contributed by atoms with Gasteiger partial charge in [-0.15, -0.1) is 0 Å². The van der Waals surface area contributed by atoms with Gasteiger partial charge in [0.05, 0.1) is 0 Å². The van der Waals surface area contributed by atoms with Gasteiger partial charge in [0, 0.05) is 22.6 Å². The van der Waals surface area contributed by atoms with Gasteiger partial charge in [-0.1, -0.05) is 39.0 Å². The van der Waals surface area contributed by atoms with E-state index in [0.29, 0.717) is 0 Å². The lowest BCUT2D eigenvalue weighted by Crippen LogP contribution is -2.56. The highest BCUT2D eigenvalue weighted by atomic mass is 16.1. The molecular formula is C17H26N2O. The second kappa shape index (κ2) is 5.57. The highest BCUT2D eigenvalue weighted by molar-refractivity contribution is 5.94. The van der Waals surface area contributed by atoms with E-state index in [1.165, 1.54) is 0 Å². The van der Waals surface area contributed by atoms with Crippen LogP contribution in [0, 0.1) is 5.41 Å². The van der Waals surface area contributed by atoms with Crippen molar-refractivity contribution < 1.29 is 4.79 Å². The van der Waals surface area contributed by atoms with E-state index in [1.54, 1.807) is 0 Å². The molecule has 1 fully saturated rings. The number of hydrogen-bond donors (Lipinski definition) is 2. The third-order valence-corrected chi connectivity index (χ3v) is 5.13. The predicted molar refractivity (Wildman–Crippen MR) is 82.8 cm³/mol. The summed E-state index contributed by atoms with van der Waals surface area (Å²) in [6.45, 7) is 9.86. The van der Waals surface area contributed by atoms with Gasteiger partial charge in [0.1, 0.15) is 0 Å². The highest BCUT2D eigenvalue weighted by Gasteiger charge is 2.51. The monoisotopic (exact) mass is 274 g/mol. The van der Waals surface area contributed by atoms with Gasteiger partial charge in [-0.25, -0.2) is 0 Å². The largest absolute Gasteiger partial charge is 0.349 e. The van der Waals surface area contributed by atoms with Gasteiger partial charge < -0.3 is 10.6 Å². The predicted octanol–water partition coefficient (Wildman–Crippen LogP) is 2.97. The molecule has 1 aliphatic carbocycles. The number of rotatable bonds is 4. The molecule has 1 aliphatic rings. The van der Waals surface area contributed by atoms with Crippen LogP contribution in [0.5, 0.6) is 0 Å². The van der Waals surface area contributed by atoms with E-state index >= 15 is 0 Å². The maximum Gasteiger partial charge on any atom is 0.251 e. The lowest BCUT2D eigenvalue weighted by molar-refractivity contribution is 0.0869. The molecule has 2 atom stereocenters. The Balaban J connectivity index is 2.10. The molecule has 1 saturated carbocycles. The SMILES string of the molecule is CCNC1(C)CCC(NC(=O)c2ccccc2)C1(C)C. The standard InChI is InChI=1S/C17H26N2O/c1-5-18-17(4)12-11-14(16(17,2)3)19-15(20)13-9-7-6-8-10-13/h6-10,14,18H,5,11-12H2,1-4H3,(H,19,20). The fourth-order valence-electron chi connectivity index (χ4n) is 3.29. The summed E-state index contributed by atoms with van der Waals surface area (Å²) in [5.74, 6) is 0.0319. The fraction of sp³-hybridized carbons (Fsp3) is 0.588. The van der Waals surface area contributed by atoms with Gasteiger partial charge in [-0.05, 0) is 38.4 Å². The Hall–Kier alpha value is -1.35. The van der Waals surface area contributed by atoms with Gasteiger partial charge in [0.2, 0.25) is 0 Å². The first-order valence-corrected chi connectivity index (χ1v) is 7.51. The average molecular weight is 274 g/mol. The Labute approximate surface area is 122 Å². The fourth-order valence-corrected chi connectivity index (χ4v) is 3.29. The van der Waals surface area contributed by atoms with Gasteiger partial charge in [-0.2, -0.15) is 0 Å². The van der Waals surface area contributed by atoms with Crippen LogP contribution in [-0.4, -0.2) is 24.0 Å². The normalized spacial score (nSPS) is 28.3. The molecule has 0 radical (unpaired) electrons. The van der Waals surface area contributed by atoms with E-state index < -0.39 is 0 Å². The van der Waals surface area contributed by atoms with Gasteiger partial charge in [-0.3, -0.25) is 4.79 Å². The molecule has 0 saturated heterocycles. The molecular weight excluding hydrogens is 248 g/mol. The number of benzene rings is 1. The van der Waals surface area contributed by atoms with Crippen molar-refractivity contribution in [3.05, 3.63) is 35.9 Å². The zero-order valence-electron chi connectivity index (χ0n) is 13.0. The zero-order valence-corrected chi connectivity index (χ0v) is 13.0. The van der Waals surface area contributed by atoms with Crippen molar-refractivity contribution in [2.45, 2.75) is 52.1 Å². The molecule has 20 heavy (non-hydrogen) atoms. The molecule has 0 aliphatic heterocycles. The molecule has 110 valence electrons. The number of amides is 1. The molecule has 0 heterocycles. The molecule has 0 aromatic heterocycles. The van der Waals surface area contributed by atoms with Crippen molar-refractivity contribution in [2.75, 3.05) is 6.54 Å². The Morgan fingerprint density at radius 1 is 1.25 bits per heavy atom. The Bertz CT molecular complexity index is 469. The first-order valence-electron chi connectivity index (χ1n) is 7.51. The summed E-state index contributed by atoms with van der Waals surface area (Å²) in [5, 5.41) is 6.82. The molecule has 0 spiro atoms. The topological polar surface area (TPSA) is 41.1 Å². The molecule has 1 aromatic carbocycles. The van der Waals surface area contributed by atoms with Gasteiger partial charge in [0.15, 0.2) is 0 Å². The van der Waals surface area contributed by atoms with E-state index in [1.807, 2.05) is 30.3 Å². The molecule has 3 heteroatoms. The minimum absolute atomic E-state index is 0.0319. The summed E-state index contributed by atoms with van der Waals surface area (Å²) >= 11 is 0. The minimum atomic E-state index is 0.0319. The van der Waals surface area contributed by atoms with Crippen LogP contribution in [0.25, 0.3) is 0 Å². The number of hydrogen-bond acceptors (Lipinski definition) is 2. The molecule has 1 amide bonds.